The molecule has 2 heterocycles. The van der Waals surface area contributed by atoms with Crippen LogP contribution in [0.4, 0.5) is 4.79 Å². The lowest BCUT2D eigenvalue weighted by Crippen LogP contribution is -2.46. The fourth-order valence-electron chi connectivity index (χ4n) is 2.66. The second kappa shape index (κ2) is 5.04. The highest BCUT2D eigenvalue weighted by Gasteiger charge is 2.30. The highest BCUT2D eigenvalue weighted by molar-refractivity contribution is 5.75. The lowest BCUT2D eigenvalue weighted by molar-refractivity contribution is 0.101. The third kappa shape index (κ3) is 2.48. The summed E-state index contributed by atoms with van der Waals surface area (Å²) in [5, 5.41) is 0. The standard InChI is InChI=1S/C12H22N2O2/c1-10-4-3-6-13(8-10)12(15)14-7-5-11(9-14)16-2/h10-11H,3-9H2,1-2H3. The molecule has 4 nitrogen and oxygen atoms in total. The second-order valence-corrected chi connectivity index (χ2v) is 5.07. The van der Waals surface area contributed by atoms with Gasteiger partial charge in [-0.15, -0.1) is 0 Å². The Balaban J connectivity index is 1.87. The molecule has 0 radical (unpaired) electrons. The summed E-state index contributed by atoms with van der Waals surface area (Å²) < 4.78 is 5.29. The highest BCUT2D eigenvalue weighted by Crippen LogP contribution is 2.19. The topological polar surface area (TPSA) is 32.8 Å². The molecule has 2 unspecified atom stereocenters. The number of amides is 2. The van der Waals surface area contributed by atoms with Crippen molar-refractivity contribution in [2.75, 3.05) is 33.3 Å². The lowest BCUT2D eigenvalue weighted by atomic mass is 10.0. The molecule has 2 saturated heterocycles. The molecule has 0 bridgehead atoms. The third-order valence-corrected chi connectivity index (χ3v) is 3.68. The van der Waals surface area contributed by atoms with E-state index >= 15 is 0 Å². The highest BCUT2D eigenvalue weighted by atomic mass is 16.5. The van der Waals surface area contributed by atoms with Crippen LogP contribution >= 0.6 is 0 Å². The van der Waals surface area contributed by atoms with Crippen molar-refractivity contribution in [3.05, 3.63) is 0 Å². The predicted molar refractivity (Wildman–Crippen MR) is 62.4 cm³/mol. The van der Waals surface area contributed by atoms with Crippen molar-refractivity contribution < 1.29 is 9.53 Å². The molecule has 0 aromatic rings. The maximum Gasteiger partial charge on any atom is 0.320 e. The van der Waals surface area contributed by atoms with E-state index in [-0.39, 0.29) is 12.1 Å². The maximum absolute atomic E-state index is 12.2. The van der Waals surface area contributed by atoms with Gasteiger partial charge >= 0.3 is 6.03 Å². The molecule has 0 aromatic heterocycles. The van der Waals surface area contributed by atoms with Crippen molar-refractivity contribution in [1.29, 1.82) is 0 Å². The Bertz CT molecular complexity index is 257. The Hall–Kier alpha value is -0.770. The van der Waals surface area contributed by atoms with Gasteiger partial charge in [0.15, 0.2) is 0 Å². The van der Waals surface area contributed by atoms with Crippen LogP contribution in [0.1, 0.15) is 26.2 Å². The fraction of sp³-hybridized carbons (Fsp3) is 0.917. The number of nitrogens with zero attached hydrogens (tertiary/aromatic N) is 2. The van der Waals surface area contributed by atoms with Crippen molar-refractivity contribution in [3.8, 4) is 0 Å². The molecule has 2 rings (SSSR count). The third-order valence-electron chi connectivity index (χ3n) is 3.68. The van der Waals surface area contributed by atoms with E-state index in [0.29, 0.717) is 5.92 Å². The summed E-state index contributed by atoms with van der Waals surface area (Å²) in [5.41, 5.74) is 0. The summed E-state index contributed by atoms with van der Waals surface area (Å²) in [6.07, 6.45) is 3.62. The minimum Gasteiger partial charge on any atom is -0.380 e. The normalized spacial score (nSPS) is 30.9. The average Bonchev–Trinajstić information content (AvgIpc) is 2.76. The molecule has 2 aliphatic rings. The molecule has 0 spiro atoms. The molecule has 0 aromatic carbocycles. The summed E-state index contributed by atoms with van der Waals surface area (Å²) in [6, 6.07) is 0.214. The van der Waals surface area contributed by atoms with E-state index in [1.54, 1.807) is 7.11 Å². The van der Waals surface area contributed by atoms with Crippen molar-refractivity contribution in [2.45, 2.75) is 32.3 Å². The molecule has 0 N–H and O–H groups in total. The van der Waals surface area contributed by atoms with E-state index in [0.717, 1.165) is 39.0 Å². The van der Waals surface area contributed by atoms with Crippen LogP contribution in [-0.4, -0.2) is 55.2 Å². The SMILES string of the molecule is COC1CCN(C(=O)N2CCCC(C)C2)C1. The molecular weight excluding hydrogens is 204 g/mol. The molecule has 0 saturated carbocycles. The van der Waals surface area contributed by atoms with Gasteiger partial charge in [-0.1, -0.05) is 6.92 Å². The van der Waals surface area contributed by atoms with Crippen LogP contribution in [0, 0.1) is 5.92 Å². The number of piperidine rings is 1. The number of carbonyl (C=O) groups excluding carboxylic acids is 1. The van der Waals surface area contributed by atoms with E-state index in [9.17, 15) is 4.79 Å². The molecule has 16 heavy (non-hydrogen) atoms. The van der Waals surface area contributed by atoms with Crippen LogP contribution in [0.25, 0.3) is 0 Å². The van der Waals surface area contributed by atoms with Crippen molar-refractivity contribution >= 4 is 6.03 Å². The first-order valence-electron chi connectivity index (χ1n) is 6.27. The minimum atomic E-state index is 0.214. The Kier molecular flexibility index (Phi) is 3.69. The summed E-state index contributed by atoms with van der Waals surface area (Å²) in [4.78, 5) is 16.1. The number of hydrogen-bond donors (Lipinski definition) is 0. The zero-order valence-electron chi connectivity index (χ0n) is 10.3. The van der Waals surface area contributed by atoms with Gasteiger partial charge in [-0.25, -0.2) is 4.79 Å². The molecule has 2 atom stereocenters. The van der Waals surface area contributed by atoms with Crippen LogP contribution in [0.2, 0.25) is 0 Å². The molecule has 2 amide bonds. The Labute approximate surface area is 97.5 Å². The van der Waals surface area contributed by atoms with Crippen LogP contribution in [0.5, 0.6) is 0 Å². The molecule has 0 aliphatic carbocycles. The Morgan fingerprint density at radius 2 is 1.94 bits per heavy atom. The van der Waals surface area contributed by atoms with Gasteiger partial charge in [0.25, 0.3) is 0 Å². The number of carbonyl (C=O) groups is 1. The van der Waals surface area contributed by atoms with Crippen molar-refractivity contribution in [3.63, 3.8) is 0 Å². The molecule has 2 aliphatic heterocycles. The number of urea groups is 1. The second-order valence-electron chi connectivity index (χ2n) is 5.07. The van der Waals surface area contributed by atoms with Gasteiger partial charge in [-0.05, 0) is 25.2 Å². The summed E-state index contributed by atoms with van der Waals surface area (Å²) >= 11 is 0. The number of ether oxygens (including phenoxy) is 1. The predicted octanol–water partition coefficient (Wildman–Crippen LogP) is 1.56. The van der Waals surface area contributed by atoms with Crippen LogP contribution < -0.4 is 0 Å². The van der Waals surface area contributed by atoms with E-state index < -0.39 is 0 Å². The van der Waals surface area contributed by atoms with Gasteiger partial charge in [0, 0.05) is 33.3 Å². The molecule has 4 heteroatoms. The molecular formula is C12H22N2O2. The maximum atomic E-state index is 12.2. The fourth-order valence-corrected chi connectivity index (χ4v) is 2.66. The van der Waals surface area contributed by atoms with E-state index in [1.807, 2.05) is 9.80 Å². The van der Waals surface area contributed by atoms with Gasteiger partial charge in [-0.3, -0.25) is 0 Å². The van der Waals surface area contributed by atoms with Crippen LogP contribution in [0.15, 0.2) is 0 Å². The van der Waals surface area contributed by atoms with Crippen LogP contribution in [0.3, 0.4) is 0 Å². The minimum absolute atomic E-state index is 0.214. The first kappa shape index (κ1) is 11.7. The van der Waals surface area contributed by atoms with E-state index in [1.165, 1.54) is 6.42 Å². The largest absolute Gasteiger partial charge is 0.380 e. The zero-order valence-corrected chi connectivity index (χ0v) is 10.3. The number of likely N-dealkylation sites (tertiary alicyclic amines) is 2. The number of rotatable bonds is 1. The summed E-state index contributed by atoms with van der Waals surface area (Å²) in [7, 11) is 1.72. The Morgan fingerprint density at radius 1 is 1.19 bits per heavy atom. The van der Waals surface area contributed by atoms with Gasteiger partial charge in [-0.2, -0.15) is 0 Å². The number of hydrogen-bond acceptors (Lipinski definition) is 2. The quantitative estimate of drug-likeness (QED) is 0.679. The van der Waals surface area contributed by atoms with E-state index in [4.69, 9.17) is 4.74 Å². The summed E-state index contributed by atoms with van der Waals surface area (Å²) in [6.45, 7) is 5.69. The van der Waals surface area contributed by atoms with Gasteiger partial charge in [0.1, 0.15) is 0 Å². The Morgan fingerprint density at radius 3 is 2.56 bits per heavy atom. The zero-order chi connectivity index (χ0) is 11.5. The average molecular weight is 226 g/mol. The molecule has 92 valence electrons. The van der Waals surface area contributed by atoms with Crippen molar-refractivity contribution in [2.24, 2.45) is 5.92 Å². The van der Waals surface area contributed by atoms with E-state index in [2.05, 4.69) is 6.92 Å². The summed E-state index contributed by atoms with van der Waals surface area (Å²) in [5.74, 6) is 0.651. The van der Waals surface area contributed by atoms with Gasteiger partial charge < -0.3 is 14.5 Å². The first-order chi connectivity index (χ1) is 7.70. The molecule has 2 fully saturated rings. The lowest BCUT2D eigenvalue weighted by Gasteiger charge is -2.33. The smallest absolute Gasteiger partial charge is 0.320 e. The van der Waals surface area contributed by atoms with Gasteiger partial charge in [0.05, 0.1) is 6.10 Å². The van der Waals surface area contributed by atoms with Crippen molar-refractivity contribution in [1.82, 2.24) is 9.80 Å². The number of methoxy groups -OCH3 is 1. The van der Waals surface area contributed by atoms with Gasteiger partial charge in [0.2, 0.25) is 0 Å². The first-order valence-corrected chi connectivity index (χ1v) is 6.27. The van der Waals surface area contributed by atoms with Crippen LogP contribution in [-0.2, 0) is 4.74 Å². The monoisotopic (exact) mass is 226 g/mol.